The van der Waals surface area contributed by atoms with Crippen LogP contribution in [0.2, 0.25) is 0 Å². The maximum absolute atomic E-state index is 12.6. The molecule has 0 radical (unpaired) electrons. The third-order valence-corrected chi connectivity index (χ3v) is 5.65. The van der Waals surface area contributed by atoms with Crippen LogP contribution >= 0.6 is 0 Å². The Kier molecular flexibility index (Phi) is 5.97. The fourth-order valence-corrected chi connectivity index (χ4v) is 3.74. The van der Waals surface area contributed by atoms with Gasteiger partial charge in [0.2, 0.25) is 10.0 Å². The van der Waals surface area contributed by atoms with Crippen LogP contribution in [0.5, 0.6) is 0 Å². The number of nitrogens with one attached hydrogen (secondary N) is 1. The second kappa shape index (κ2) is 7.76. The van der Waals surface area contributed by atoms with Crippen molar-refractivity contribution in [3.63, 3.8) is 0 Å². The molecule has 1 aromatic rings. The Balaban J connectivity index is 1.99. The van der Waals surface area contributed by atoms with E-state index < -0.39 is 16.1 Å². The van der Waals surface area contributed by atoms with Gasteiger partial charge in [-0.05, 0) is 31.7 Å². The van der Waals surface area contributed by atoms with Gasteiger partial charge in [-0.2, -0.15) is 4.31 Å². The number of nitrogens with zero attached hydrogens (tertiary/aromatic N) is 2. The number of carbonyl (C=O) groups excluding carboxylic acids is 1. The standard InChI is InChI=1S/C15H23N3O4S/c1-3-22-15(19)16-12-13-4-6-14(7-5-13)23(20,21)18-10-8-17(2)9-11-18/h4-7H,3,8-12H2,1-2H3,(H,16,19). The van der Waals surface area contributed by atoms with Crippen LogP contribution in [-0.4, -0.2) is 63.5 Å². The lowest BCUT2D eigenvalue weighted by molar-refractivity contribution is 0.151. The fourth-order valence-electron chi connectivity index (χ4n) is 2.31. The lowest BCUT2D eigenvalue weighted by Gasteiger charge is -2.31. The molecule has 0 aromatic heterocycles. The van der Waals surface area contributed by atoms with Gasteiger partial charge in [0.15, 0.2) is 0 Å². The lowest BCUT2D eigenvalue weighted by Crippen LogP contribution is -2.47. The Bertz CT molecular complexity index is 623. The SMILES string of the molecule is CCOC(=O)NCc1ccc(S(=O)(=O)N2CCN(C)CC2)cc1. The van der Waals surface area contributed by atoms with Gasteiger partial charge in [0.1, 0.15) is 0 Å². The summed E-state index contributed by atoms with van der Waals surface area (Å²) in [5.41, 5.74) is 0.815. The highest BCUT2D eigenvalue weighted by Crippen LogP contribution is 2.18. The molecule has 2 rings (SSSR count). The van der Waals surface area contributed by atoms with Gasteiger partial charge >= 0.3 is 6.09 Å². The number of hydrogen-bond acceptors (Lipinski definition) is 5. The quantitative estimate of drug-likeness (QED) is 0.860. The van der Waals surface area contributed by atoms with Gasteiger partial charge in [0.25, 0.3) is 0 Å². The zero-order chi connectivity index (χ0) is 16.9. The van der Waals surface area contributed by atoms with E-state index in [9.17, 15) is 13.2 Å². The van der Waals surface area contributed by atoms with Gasteiger partial charge in [-0.15, -0.1) is 0 Å². The summed E-state index contributed by atoms with van der Waals surface area (Å²) >= 11 is 0. The van der Waals surface area contributed by atoms with Crippen molar-refractivity contribution in [1.29, 1.82) is 0 Å². The van der Waals surface area contributed by atoms with E-state index in [4.69, 9.17) is 4.74 Å². The number of sulfonamides is 1. The first-order chi connectivity index (χ1) is 10.9. The van der Waals surface area contributed by atoms with Crippen LogP contribution in [0.1, 0.15) is 12.5 Å². The maximum atomic E-state index is 12.6. The van der Waals surface area contributed by atoms with Gasteiger partial charge < -0.3 is 15.0 Å². The highest BCUT2D eigenvalue weighted by molar-refractivity contribution is 7.89. The number of ether oxygens (including phenoxy) is 1. The summed E-state index contributed by atoms with van der Waals surface area (Å²) in [5.74, 6) is 0. The number of benzene rings is 1. The van der Waals surface area contributed by atoms with Crippen molar-refractivity contribution in [3.8, 4) is 0 Å². The Morgan fingerprint density at radius 2 is 1.78 bits per heavy atom. The van der Waals surface area contributed by atoms with Crippen molar-refractivity contribution < 1.29 is 17.9 Å². The second-order valence-electron chi connectivity index (χ2n) is 5.43. The minimum atomic E-state index is -3.45. The van der Waals surface area contributed by atoms with Crippen molar-refractivity contribution in [1.82, 2.24) is 14.5 Å². The molecule has 1 aliphatic heterocycles. The number of piperazine rings is 1. The molecule has 0 bridgehead atoms. The van der Waals surface area contributed by atoms with Gasteiger partial charge in [-0.25, -0.2) is 13.2 Å². The predicted octanol–water partition coefficient (Wildman–Crippen LogP) is 0.869. The van der Waals surface area contributed by atoms with E-state index >= 15 is 0 Å². The third-order valence-electron chi connectivity index (χ3n) is 3.74. The highest BCUT2D eigenvalue weighted by atomic mass is 32.2. The summed E-state index contributed by atoms with van der Waals surface area (Å²) in [7, 11) is -1.47. The summed E-state index contributed by atoms with van der Waals surface area (Å²) in [6.07, 6.45) is -0.485. The first-order valence-corrected chi connectivity index (χ1v) is 9.05. The molecule has 1 heterocycles. The molecule has 0 unspecified atom stereocenters. The predicted molar refractivity (Wildman–Crippen MR) is 86.6 cm³/mol. The van der Waals surface area contributed by atoms with Gasteiger partial charge in [-0.3, -0.25) is 0 Å². The molecule has 128 valence electrons. The molecule has 0 aliphatic carbocycles. The largest absolute Gasteiger partial charge is 0.450 e. The smallest absolute Gasteiger partial charge is 0.407 e. The van der Waals surface area contributed by atoms with Crippen LogP contribution in [0.3, 0.4) is 0 Å². The van der Waals surface area contributed by atoms with E-state index in [1.807, 2.05) is 7.05 Å². The fraction of sp³-hybridized carbons (Fsp3) is 0.533. The van der Waals surface area contributed by atoms with Crippen LogP contribution in [-0.2, 0) is 21.3 Å². The number of alkyl carbamates (subject to hydrolysis) is 1. The van der Waals surface area contributed by atoms with Crippen LogP contribution in [0.25, 0.3) is 0 Å². The molecule has 8 heteroatoms. The molecule has 0 saturated carbocycles. The molecule has 1 fully saturated rings. The van der Waals surface area contributed by atoms with Crippen molar-refractivity contribution in [3.05, 3.63) is 29.8 Å². The number of carbonyl (C=O) groups is 1. The van der Waals surface area contributed by atoms with Crippen molar-refractivity contribution >= 4 is 16.1 Å². The average molecular weight is 341 g/mol. The van der Waals surface area contributed by atoms with E-state index in [1.54, 1.807) is 31.2 Å². The molecular weight excluding hydrogens is 318 g/mol. The van der Waals surface area contributed by atoms with E-state index in [1.165, 1.54) is 4.31 Å². The van der Waals surface area contributed by atoms with Crippen LogP contribution in [0, 0.1) is 0 Å². The Morgan fingerprint density at radius 1 is 1.17 bits per heavy atom. The zero-order valence-corrected chi connectivity index (χ0v) is 14.3. The van der Waals surface area contributed by atoms with Crippen molar-refractivity contribution in [2.45, 2.75) is 18.4 Å². The molecule has 7 nitrogen and oxygen atoms in total. The first kappa shape index (κ1) is 17.7. The monoisotopic (exact) mass is 341 g/mol. The van der Waals surface area contributed by atoms with Crippen LogP contribution < -0.4 is 5.32 Å². The highest BCUT2D eigenvalue weighted by Gasteiger charge is 2.27. The van der Waals surface area contributed by atoms with Crippen molar-refractivity contribution in [2.24, 2.45) is 0 Å². The topological polar surface area (TPSA) is 78.9 Å². The number of rotatable bonds is 5. The molecule has 1 N–H and O–H groups in total. The molecule has 1 amide bonds. The summed E-state index contributed by atoms with van der Waals surface area (Å²) < 4.78 is 31.4. The number of hydrogen-bond donors (Lipinski definition) is 1. The molecule has 1 saturated heterocycles. The molecule has 23 heavy (non-hydrogen) atoms. The minimum absolute atomic E-state index is 0.280. The molecule has 1 aliphatic rings. The lowest BCUT2D eigenvalue weighted by atomic mass is 10.2. The first-order valence-electron chi connectivity index (χ1n) is 7.61. The maximum Gasteiger partial charge on any atom is 0.407 e. The zero-order valence-electron chi connectivity index (χ0n) is 13.5. The molecule has 0 spiro atoms. The van der Waals surface area contributed by atoms with Gasteiger partial charge in [0.05, 0.1) is 11.5 Å². The summed E-state index contributed by atoms with van der Waals surface area (Å²) in [6, 6.07) is 6.57. The second-order valence-corrected chi connectivity index (χ2v) is 7.36. The van der Waals surface area contributed by atoms with Gasteiger partial charge in [0, 0.05) is 32.7 Å². The van der Waals surface area contributed by atoms with E-state index in [-0.39, 0.29) is 4.90 Å². The Morgan fingerprint density at radius 3 is 2.35 bits per heavy atom. The minimum Gasteiger partial charge on any atom is -0.450 e. The van der Waals surface area contributed by atoms with Crippen LogP contribution in [0.4, 0.5) is 4.79 Å². The molecular formula is C15H23N3O4S. The van der Waals surface area contributed by atoms with E-state index in [0.29, 0.717) is 26.2 Å². The van der Waals surface area contributed by atoms with Gasteiger partial charge in [-0.1, -0.05) is 12.1 Å². The molecule has 0 atom stereocenters. The Hall–Kier alpha value is -1.64. The third kappa shape index (κ3) is 4.66. The summed E-state index contributed by atoms with van der Waals surface area (Å²) in [5, 5.41) is 2.60. The summed E-state index contributed by atoms with van der Waals surface area (Å²) in [4.78, 5) is 13.6. The number of likely N-dealkylation sites (N-methyl/N-ethyl adjacent to an activating group) is 1. The Labute approximate surface area is 137 Å². The van der Waals surface area contributed by atoms with Crippen LogP contribution in [0.15, 0.2) is 29.2 Å². The molecule has 1 aromatic carbocycles. The van der Waals surface area contributed by atoms with E-state index in [0.717, 1.165) is 18.7 Å². The number of amides is 1. The van der Waals surface area contributed by atoms with Crippen molar-refractivity contribution in [2.75, 3.05) is 39.8 Å². The normalized spacial score (nSPS) is 17.0. The van der Waals surface area contributed by atoms with E-state index in [2.05, 4.69) is 10.2 Å². The summed E-state index contributed by atoms with van der Waals surface area (Å²) in [6.45, 7) is 4.83. The average Bonchev–Trinajstić information content (AvgIpc) is 2.54.